The van der Waals surface area contributed by atoms with Crippen molar-refractivity contribution in [2.24, 2.45) is 0 Å². The van der Waals surface area contributed by atoms with Crippen molar-refractivity contribution in [1.29, 1.82) is 0 Å². The summed E-state index contributed by atoms with van der Waals surface area (Å²) in [7, 11) is 0. The zero-order chi connectivity index (χ0) is 17.6. The maximum atomic E-state index is 12.6. The molecule has 1 aromatic heterocycles. The first-order valence-electron chi connectivity index (χ1n) is 7.66. The lowest BCUT2D eigenvalue weighted by Gasteiger charge is -2.15. The summed E-state index contributed by atoms with van der Waals surface area (Å²) in [5.41, 5.74) is 1.49. The molecule has 0 aliphatic rings. The lowest BCUT2D eigenvalue weighted by molar-refractivity contribution is -0.384. The van der Waals surface area contributed by atoms with E-state index in [1.54, 1.807) is 47.4 Å². The number of rotatable bonds is 7. The van der Waals surface area contributed by atoms with Gasteiger partial charge in [0.1, 0.15) is 0 Å². The molecule has 3 aromatic rings. The molecule has 6 heteroatoms. The zero-order valence-corrected chi connectivity index (χ0v) is 14.8. The van der Waals surface area contributed by atoms with Gasteiger partial charge < -0.3 is 0 Å². The van der Waals surface area contributed by atoms with E-state index in [1.807, 2.05) is 41.8 Å². The van der Waals surface area contributed by atoms with E-state index in [9.17, 15) is 14.9 Å². The van der Waals surface area contributed by atoms with Crippen molar-refractivity contribution in [1.82, 2.24) is 0 Å². The fourth-order valence-corrected chi connectivity index (χ4v) is 4.59. The van der Waals surface area contributed by atoms with Gasteiger partial charge in [0.15, 0.2) is 5.78 Å². The van der Waals surface area contributed by atoms with Gasteiger partial charge in [-0.05, 0) is 17.0 Å². The number of Topliss-reactive ketones (excluding diaryl/α,β-unsaturated/α-hetero) is 1. The summed E-state index contributed by atoms with van der Waals surface area (Å²) in [6, 6.07) is 19.6. The number of nitro benzene ring substituents is 1. The van der Waals surface area contributed by atoms with Crippen LogP contribution in [-0.2, 0) is 0 Å². The average Bonchev–Trinajstić information content (AvgIpc) is 3.15. The van der Waals surface area contributed by atoms with Crippen LogP contribution in [0.5, 0.6) is 0 Å². The first-order valence-corrected chi connectivity index (χ1v) is 9.42. The van der Waals surface area contributed by atoms with E-state index in [4.69, 9.17) is 0 Å². The van der Waals surface area contributed by atoms with Crippen molar-refractivity contribution in [2.75, 3.05) is 0 Å². The first kappa shape index (κ1) is 17.4. The van der Waals surface area contributed by atoms with Gasteiger partial charge >= 0.3 is 0 Å². The molecule has 1 atom stereocenters. The molecule has 25 heavy (non-hydrogen) atoms. The first-order chi connectivity index (χ1) is 12.1. The molecule has 0 fully saturated rings. The van der Waals surface area contributed by atoms with E-state index in [0.717, 1.165) is 9.77 Å². The van der Waals surface area contributed by atoms with E-state index < -0.39 is 4.92 Å². The highest BCUT2D eigenvalue weighted by Crippen LogP contribution is 2.41. The van der Waals surface area contributed by atoms with E-state index in [2.05, 4.69) is 0 Å². The van der Waals surface area contributed by atoms with Crippen LogP contribution >= 0.6 is 23.1 Å². The summed E-state index contributed by atoms with van der Waals surface area (Å²) in [6.45, 7) is 0. The summed E-state index contributed by atoms with van der Waals surface area (Å²) in [6.07, 6.45) is 0.285. The molecule has 4 nitrogen and oxygen atoms in total. The molecule has 0 aliphatic heterocycles. The lowest BCUT2D eigenvalue weighted by Crippen LogP contribution is -2.05. The second kappa shape index (κ2) is 8.09. The third-order valence-electron chi connectivity index (χ3n) is 3.67. The Hall–Kier alpha value is -2.44. The SMILES string of the molecule is O=C(C[C@@H](Sc1cccs1)c1cccc([N+](=O)[O-])c1)c1ccccc1. The lowest BCUT2D eigenvalue weighted by atomic mass is 10.0. The summed E-state index contributed by atoms with van der Waals surface area (Å²) in [5.74, 6) is 0.0289. The molecule has 0 unspecified atom stereocenters. The molecule has 2 aromatic carbocycles. The summed E-state index contributed by atoms with van der Waals surface area (Å²) < 4.78 is 1.08. The molecule has 0 bridgehead atoms. The number of non-ortho nitro benzene ring substituents is 1. The Balaban J connectivity index is 1.88. The van der Waals surface area contributed by atoms with Gasteiger partial charge in [-0.2, -0.15) is 0 Å². The summed E-state index contributed by atoms with van der Waals surface area (Å²) >= 11 is 3.16. The Morgan fingerprint density at radius 1 is 1.08 bits per heavy atom. The third-order valence-corrected chi connectivity index (χ3v) is 6.00. The standard InChI is InChI=1S/C19H15NO3S2/c21-17(14-6-2-1-3-7-14)13-18(25-19-10-5-11-24-19)15-8-4-9-16(12-15)20(22)23/h1-12,18H,13H2/t18-/m1/s1. The van der Waals surface area contributed by atoms with Crippen LogP contribution in [0.25, 0.3) is 0 Å². The normalized spacial score (nSPS) is 11.8. The number of carbonyl (C=O) groups excluding carboxylic acids is 1. The van der Waals surface area contributed by atoms with Crippen molar-refractivity contribution >= 4 is 34.6 Å². The van der Waals surface area contributed by atoms with Crippen LogP contribution in [0.15, 0.2) is 76.3 Å². The summed E-state index contributed by atoms with van der Waals surface area (Å²) in [4.78, 5) is 23.3. The fourth-order valence-electron chi connectivity index (χ4n) is 2.45. The molecule has 126 valence electrons. The number of hydrogen-bond donors (Lipinski definition) is 0. The number of hydrogen-bond acceptors (Lipinski definition) is 5. The number of benzene rings is 2. The minimum absolute atomic E-state index is 0.0289. The van der Waals surface area contributed by atoms with Crippen molar-refractivity contribution in [3.05, 3.63) is 93.4 Å². The van der Waals surface area contributed by atoms with Crippen molar-refractivity contribution in [3.63, 3.8) is 0 Å². The second-order valence-electron chi connectivity index (χ2n) is 5.38. The monoisotopic (exact) mass is 369 g/mol. The van der Waals surface area contributed by atoms with Gasteiger partial charge in [0.25, 0.3) is 5.69 Å². The zero-order valence-electron chi connectivity index (χ0n) is 13.2. The van der Waals surface area contributed by atoms with Crippen LogP contribution in [0.1, 0.15) is 27.6 Å². The molecule has 0 N–H and O–H groups in total. The number of nitrogens with zero attached hydrogens (tertiary/aromatic N) is 1. The highest BCUT2D eigenvalue weighted by atomic mass is 32.2. The maximum absolute atomic E-state index is 12.6. The topological polar surface area (TPSA) is 60.2 Å². The van der Waals surface area contributed by atoms with Crippen LogP contribution in [0.4, 0.5) is 5.69 Å². The van der Waals surface area contributed by atoms with Crippen LogP contribution in [-0.4, -0.2) is 10.7 Å². The summed E-state index contributed by atoms with van der Waals surface area (Å²) in [5, 5.41) is 12.9. The Labute approximate surface area is 153 Å². The van der Waals surface area contributed by atoms with Gasteiger partial charge in [0, 0.05) is 29.4 Å². The number of thioether (sulfide) groups is 1. The second-order valence-corrected chi connectivity index (χ2v) is 7.83. The van der Waals surface area contributed by atoms with Gasteiger partial charge in [-0.25, -0.2) is 0 Å². The van der Waals surface area contributed by atoms with E-state index >= 15 is 0 Å². The molecule has 0 aliphatic carbocycles. The van der Waals surface area contributed by atoms with Crippen molar-refractivity contribution in [3.8, 4) is 0 Å². The molecule has 0 spiro atoms. The highest BCUT2D eigenvalue weighted by Gasteiger charge is 2.21. The Morgan fingerprint density at radius 2 is 1.88 bits per heavy atom. The van der Waals surface area contributed by atoms with Crippen molar-refractivity contribution in [2.45, 2.75) is 15.9 Å². The average molecular weight is 369 g/mol. The Kier molecular flexibility index (Phi) is 5.63. The molecule has 0 saturated carbocycles. The predicted molar refractivity (Wildman–Crippen MR) is 101 cm³/mol. The molecular weight excluding hydrogens is 354 g/mol. The van der Waals surface area contributed by atoms with Crippen LogP contribution in [0.3, 0.4) is 0 Å². The van der Waals surface area contributed by atoms with Crippen LogP contribution in [0, 0.1) is 10.1 Å². The van der Waals surface area contributed by atoms with Crippen LogP contribution in [0.2, 0.25) is 0 Å². The van der Waals surface area contributed by atoms with E-state index in [0.29, 0.717) is 5.56 Å². The fraction of sp³-hybridized carbons (Fsp3) is 0.105. The number of nitro groups is 1. The van der Waals surface area contributed by atoms with Gasteiger partial charge in [-0.15, -0.1) is 23.1 Å². The molecule has 0 amide bonds. The number of carbonyl (C=O) groups is 1. The minimum Gasteiger partial charge on any atom is -0.294 e. The largest absolute Gasteiger partial charge is 0.294 e. The highest BCUT2D eigenvalue weighted by molar-refractivity contribution is 8.01. The smallest absolute Gasteiger partial charge is 0.269 e. The van der Waals surface area contributed by atoms with Gasteiger partial charge in [0.05, 0.1) is 9.13 Å². The Bertz CT molecular complexity index is 863. The molecule has 1 heterocycles. The van der Waals surface area contributed by atoms with Crippen molar-refractivity contribution < 1.29 is 9.72 Å². The van der Waals surface area contributed by atoms with E-state index in [1.165, 1.54) is 6.07 Å². The van der Waals surface area contributed by atoms with Crippen LogP contribution < -0.4 is 0 Å². The van der Waals surface area contributed by atoms with Gasteiger partial charge in [-0.3, -0.25) is 14.9 Å². The van der Waals surface area contributed by atoms with Gasteiger partial charge in [0.2, 0.25) is 0 Å². The minimum atomic E-state index is -0.407. The molecule has 3 rings (SSSR count). The maximum Gasteiger partial charge on any atom is 0.269 e. The Morgan fingerprint density at radius 3 is 2.56 bits per heavy atom. The number of ketones is 1. The third kappa shape index (κ3) is 4.55. The van der Waals surface area contributed by atoms with E-state index in [-0.39, 0.29) is 23.1 Å². The molecule has 0 saturated heterocycles. The predicted octanol–water partition coefficient (Wildman–Crippen LogP) is 5.76. The quantitative estimate of drug-likeness (QED) is 0.230. The number of thiophene rings is 1. The van der Waals surface area contributed by atoms with Gasteiger partial charge in [-0.1, -0.05) is 48.5 Å². The molecular formula is C19H15NO3S2. The molecule has 0 radical (unpaired) electrons.